The van der Waals surface area contributed by atoms with E-state index in [1.807, 2.05) is 0 Å². The predicted molar refractivity (Wildman–Crippen MR) is 63.6 cm³/mol. The van der Waals surface area contributed by atoms with Crippen LogP contribution >= 0.6 is 0 Å². The Kier molecular flexibility index (Phi) is 3.34. The second-order valence-corrected chi connectivity index (χ2v) is 3.99. The minimum absolute atomic E-state index is 0.486. The normalized spacial score (nSPS) is 10.4. The maximum Gasteiger partial charge on any atom is 0.0435 e. The van der Waals surface area contributed by atoms with Crippen molar-refractivity contribution in [3.63, 3.8) is 0 Å². The molecule has 0 aliphatic carbocycles. The van der Waals surface area contributed by atoms with Crippen LogP contribution in [0.3, 0.4) is 0 Å². The molecule has 0 N–H and O–H groups in total. The highest BCUT2D eigenvalue weighted by Gasteiger charge is 2.09. The quantitative estimate of drug-likeness (QED) is 0.702. The highest BCUT2D eigenvalue weighted by Crippen LogP contribution is 2.23. The molecular formula is C13H19N. The first-order valence-electron chi connectivity index (χ1n) is 5.02. The van der Waals surface area contributed by atoms with Crippen LogP contribution in [-0.2, 0) is 0 Å². The Morgan fingerprint density at radius 3 is 2.36 bits per heavy atom. The van der Waals surface area contributed by atoms with Crippen molar-refractivity contribution in [1.29, 1.82) is 0 Å². The summed E-state index contributed by atoms with van der Waals surface area (Å²) in [7, 11) is 2.07. The zero-order valence-corrected chi connectivity index (χ0v) is 9.54. The van der Waals surface area contributed by atoms with E-state index >= 15 is 0 Å². The van der Waals surface area contributed by atoms with Gasteiger partial charge in [-0.15, -0.1) is 0 Å². The molecule has 0 saturated heterocycles. The SMILES string of the molecule is C=C(C(C)C)N(C)c1ccccc1C. The first-order valence-corrected chi connectivity index (χ1v) is 5.02. The molecule has 1 heteroatoms. The predicted octanol–water partition coefficient (Wildman–Crippen LogP) is 3.60. The van der Waals surface area contributed by atoms with Crippen LogP contribution in [0.1, 0.15) is 19.4 Å². The molecule has 0 radical (unpaired) electrons. The number of anilines is 1. The number of allylic oxidation sites excluding steroid dienone is 1. The zero-order valence-electron chi connectivity index (χ0n) is 9.54. The average Bonchev–Trinajstić information content (AvgIpc) is 2.16. The van der Waals surface area contributed by atoms with Gasteiger partial charge in [-0.3, -0.25) is 0 Å². The van der Waals surface area contributed by atoms with Gasteiger partial charge < -0.3 is 4.90 Å². The summed E-state index contributed by atoms with van der Waals surface area (Å²) in [5.41, 5.74) is 3.68. The van der Waals surface area contributed by atoms with Crippen LogP contribution in [0.25, 0.3) is 0 Å². The minimum Gasteiger partial charge on any atom is -0.348 e. The fourth-order valence-electron chi connectivity index (χ4n) is 1.48. The number of nitrogens with zero attached hydrogens (tertiary/aromatic N) is 1. The second kappa shape index (κ2) is 4.32. The van der Waals surface area contributed by atoms with Crippen LogP contribution < -0.4 is 4.90 Å². The molecule has 0 aliphatic rings. The van der Waals surface area contributed by atoms with E-state index in [9.17, 15) is 0 Å². The van der Waals surface area contributed by atoms with Gasteiger partial charge in [-0.2, -0.15) is 0 Å². The summed E-state index contributed by atoms with van der Waals surface area (Å²) in [4.78, 5) is 2.17. The molecule has 0 heterocycles. The second-order valence-electron chi connectivity index (χ2n) is 3.99. The monoisotopic (exact) mass is 189 g/mol. The lowest BCUT2D eigenvalue weighted by molar-refractivity contribution is 0.738. The Hall–Kier alpha value is -1.24. The summed E-state index contributed by atoms with van der Waals surface area (Å²) in [5, 5.41) is 0. The van der Waals surface area contributed by atoms with Crippen LogP contribution in [0.5, 0.6) is 0 Å². The fraction of sp³-hybridized carbons (Fsp3) is 0.385. The van der Waals surface area contributed by atoms with Gasteiger partial charge in [0.05, 0.1) is 0 Å². The largest absolute Gasteiger partial charge is 0.348 e. The summed E-state index contributed by atoms with van der Waals surface area (Å²) >= 11 is 0. The highest BCUT2D eigenvalue weighted by molar-refractivity contribution is 5.56. The maximum absolute atomic E-state index is 4.10. The van der Waals surface area contributed by atoms with Crippen LogP contribution in [0, 0.1) is 12.8 Å². The molecule has 1 nitrogen and oxygen atoms in total. The minimum atomic E-state index is 0.486. The van der Waals surface area contributed by atoms with Gasteiger partial charge in [0.2, 0.25) is 0 Å². The van der Waals surface area contributed by atoms with Crippen LogP contribution in [0.2, 0.25) is 0 Å². The molecule has 0 atom stereocenters. The Morgan fingerprint density at radius 1 is 1.29 bits per heavy atom. The van der Waals surface area contributed by atoms with E-state index in [1.54, 1.807) is 0 Å². The number of hydrogen-bond acceptors (Lipinski definition) is 1. The lowest BCUT2D eigenvalue weighted by atomic mass is 10.1. The number of aryl methyl sites for hydroxylation is 1. The topological polar surface area (TPSA) is 3.24 Å². The van der Waals surface area contributed by atoms with Gasteiger partial charge in [0, 0.05) is 18.4 Å². The van der Waals surface area contributed by atoms with E-state index in [1.165, 1.54) is 11.3 Å². The Balaban J connectivity index is 2.95. The molecule has 0 spiro atoms. The third kappa shape index (κ3) is 2.16. The van der Waals surface area contributed by atoms with Gasteiger partial charge in [0.1, 0.15) is 0 Å². The number of para-hydroxylation sites is 1. The molecule has 14 heavy (non-hydrogen) atoms. The van der Waals surface area contributed by atoms with Crippen molar-refractivity contribution < 1.29 is 0 Å². The number of benzene rings is 1. The van der Waals surface area contributed by atoms with E-state index in [4.69, 9.17) is 0 Å². The molecule has 76 valence electrons. The van der Waals surface area contributed by atoms with Crippen LogP contribution in [0.15, 0.2) is 36.5 Å². The molecule has 0 fully saturated rings. The molecule has 0 amide bonds. The standard InChI is InChI=1S/C13H19N/c1-10(2)12(4)14(5)13-9-7-6-8-11(13)3/h6-10H,4H2,1-3,5H3. The van der Waals surface area contributed by atoms with E-state index in [2.05, 4.69) is 63.6 Å². The van der Waals surface area contributed by atoms with E-state index in [-0.39, 0.29) is 0 Å². The van der Waals surface area contributed by atoms with Gasteiger partial charge >= 0.3 is 0 Å². The summed E-state index contributed by atoms with van der Waals surface area (Å²) in [6.07, 6.45) is 0. The van der Waals surface area contributed by atoms with Crippen molar-refractivity contribution in [2.24, 2.45) is 5.92 Å². The van der Waals surface area contributed by atoms with Gasteiger partial charge in [0.25, 0.3) is 0 Å². The molecule has 1 aromatic rings. The fourth-order valence-corrected chi connectivity index (χ4v) is 1.48. The van der Waals surface area contributed by atoms with E-state index < -0.39 is 0 Å². The van der Waals surface area contributed by atoms with Crippen molar-refractivity contribution in [2.75, 3.05) is 11.9 Å². The molecule has 0 bridgehead atoms. The molecule has 0 saturated carbocycles. The van der Waals surface area contributed by atoms with Crippen LogP contribution in [-0.4, -0.2) is 7.05 Å². The Morgan fingerprint density at radius 2 is 1.86 bits per heavy atom. The first kappa shape index (κ1) is 10.8. The summed E-state index contributed by atoms with van der Waals surface area (Å²) in [6.45, 7) is 10.5. The molecule has 0 aromatic heterocycles. The molecule has 0 aliphatic heterocycles. The third-order valence-electron chi connectivity index (χ3n) is 2.57. The average molecular weight is 189 g/mol. The van der Waals surface area contributed by atoms with Gasteiger partial charge in [-0.25, -0.2) is 0 Å². The lowest BCUT2D eigenvalue weighted by Gasteiger charge is -2.26. The first-order chi connectivity index (χ1) is 6.54. The summed E-state index contributed by atoms with van der Waals surface area (Å²) < 4.78 is 0. The van der Waals surface area contributed by atoms with Crippen molar-refractivity contribution in [2.45, 2.75) is 20.8 Å². The number of rotatable bonds is 3. The van der Waals surface area contributed by atoms with Crippen molar-refractivity contribution >= 4 is 5.69 Å². The molecular weight excluding hydrogens is 170 g/mol. The van der Waals surface area contributed by atoms with Gasteiger partial charge in [0.15, 0.2) is 0 Å². The van der Waals surface area contributed by atoms with Crippen molar-refractivity contribution in [3.05, 3.63) is 42.1 Å². The van der Waals surface area contributed by atoms with Crippen LogP contribution in [0.4, 0.5) is 5.69 Å². The molecule has 1 rings (SSSR count). The number of hydrogen-bond donors (Lipinski definition) is 0. The van der Waals surface area contributed by atoms with E-state index in [0.717, 1.165) is 5.70 Å². The maximum atomic E-state index is 4.10. The molecule has 1 aromatic carbocycles. The lowest BCUT2D eigenvalue weighted by Crippen LogP contribution is -2.19. The zero-order chi connectivity index (χ0) is 10.7. The van der Waals surface area contributed by atoms with E-state index in [0.29, 0.717) is 5.92 Å². The highest BCUT2D eigenvalue weighted by atomic mass is 15.1. The summed E-state index contributed by atoms with van der Waals surface area (Å²) in [6, 6.07) is 8.37. The van der Waals surface area contributed by atoms with Crippen molar-refractivity contribution in [3.8, 4) is 0 Å². The third-order valence-corrected chi connectivity index (χ3v) is 2.57. The summed E-state index contributed by atoms with van der Waals surface area (Å²) in [5.74, 6) is 0.486. The van der Waals surface area contributed by atoms with Gasteiger partial charge in [-0.05, 0) is 24.5 Å². The molecule has 0 unspecified atom stereocenters. The van der Waals surface area contributed by atoms with Crippen molar-refractivity contribution in [1.82, 2.24) is 0 Å². The van der Waals surface area contributed by atoms with Gasteiger partial charge in [-0.1, -0.05) is 38.6 Å². The Bertz CT molecular complexity index is 326. The smallest absolute Gasteiger partial charge is 0.0435 e. The Labute approximate surface area is 87.1 Å².